The Morgan fingerprint density at radius 3 is 2.84 bits per heavy atom. The maximum absolute atomic E-state index is 12.1. The highest BCUT2D eigenvalue weighted by Gasteiger charge is 2.23. The van der Waals surface area contributed by atoms with Crippen LogP contribution in [0.1, 0.15) is 29.1 Å². The average molecular weight is 445 g/mol. The number of piperidine rings is 1. The zero-order valence-corrected chi connectivity index (χ0v) is 17.6. The monoisotopic (exact) mass is 444 g/mol. The number of halogens is 1. The second-order valence-electron chi connectivity index (χ2n) is 7.10. The van der Waals surface area contributed by atoms with Crippen LogP contribution in [-0.2, 0) is 11.3 Å². The van der Waals surface area contributed by atoms with Crippen molar-refractivity contribution in [1.82, 2.24) is 25.8 Å². The largest absolute Gasteiger partial charge is 0.441 e. The van der Waals surface area contributed by atoms with Crippen molar-refractivity contribution in [2.75, 3.05) is 25.0 Å². The summed E-state index contributed by atoms with van der Waals surface area (Å²) in [4.78, 5) is 34.8. The third-order valence-corrected chi connectivity index (χ3v) is 5.23. The summed E-state index contributed by atoms with van der Waals surface area (Å²) in [6.07, 6.45) is 2.70. The molecule has 0 atom stereocenters. The van der Waals surface area contributed by atoms with Crippen LogP contribution < -0.4 is 15.5 Å². The van der Waals surface area contributed by atoms with Gasteiger partial charge in [-0.25, -0.2) is 9.78 Å². The number of amides is 2. The second kappa shape index (κ2) is 9.17. The first kappa shape index (κ1) is 20.9. The Labute approximate surface area is 182 Å². The van der Waals surface area contributed by atoms with Gasteiger partial charge in [0, 0.05) is 37.3 Å². The molecule has 0 bridgehead atoms. The lowest BCUT2D eigenvalue weighted by atomic mass is 10.1. The van der Waals surface area contributed by atoms with Gasteiger partial charge in [-0.3, -0.25) is 9.78 Å². The second-order valence-corrected chi connectivity index (χ2v) is 7.54. The highest BCUT2D eigenvalue weighted by Crippen LogP contribution is 2.22. The smallest absolute Gasteiger partial charge is 0.407 e. The molecule has 162 valence electrons. The first-order chi connectivity index (χ1) is 15.0. The number of hydrogen-bond acceptors (Lipinski definition) is 8. The van der Waals surface area contributed by atoms with E-state index in [1.807, 2.05) is 6.07 Å². The predicted molar refractivity (Wildman–Crippen MR) is 113 cm³/mol. The Bertz CT molecular complexity index is 1100. The number of nitrogens with zero attached hydrogens (tertiary/aromatic N) is 4. The number of nitrogens with one attached hydrogen (secondary N) is 2. The van der Waals surface area contributed by atoms with Crippen LogP contribution in [0.2, 0.25) is 5.02 Å². The van der Waals surface area contributed by atoms with Crippen LogP contribution in [0.4, 0.5) is 10.6 Å². The van der Waals surface area contributed by atoms with E-state index in [0.29, 0.717) is 10.8 Å². The molecule has 31 heavy (non-hydrogen) atoms. The van der Waals surface area contributed by atoms with Crippen LogP contribution in [-0.4, -0.2) is 53.3 Å². The van der Waals surface area contributed by atoms with Crippen molar-refractivity contribution >= 4 is 40.5 Å². The van der Waals surface area contributed by atoms with Crippen molar-refractivity contribution in [2.24, 2.45) is 0 Å². The molecule has 0 unspecified atom stereocenters. The van der Waals surface area contributed by atoms with Crippen molar-refractivity contribution in [3.05, 3.63) is 46.9 Å². The van der Waals surface area contributed by atoms with Gasteiger partial charge in [0.1, 0.15) is 5.82 Å². The van der Waals surface area contributed by atoms with Crippen molar-refractivity contribution < 1.29 is 18.8 Å². The van der Waals surface area contributed by atoms with E-state index in [1.54, 1.807) is 18.3 Å². The van der Waals surface area contributed by atoms with Gasteiger partial charge in [-0.05, 0) is 31.0 Å². The quantitative estimate of drug-likeness (QED) is 0.615. The molecule has 1 aliphatic rings. The molecule has 1 saturated heterocycles. The number of benzene rings is 1. The van der Waals surface area contributed by atoms with Gasteiger partial charge in [-0.1, -0.05) is 16.8 Å². The molecule has 0 aliphatic carbocycles. The Morgan fingerprint density at radius 1 is 1.26 bits per heavy atom. The van der Waals surface area contributed by atoms with E-state index in [2.05, 4.69) is 30.7 Å². The number of hydrogen-bond donors (Lipinski definition) is 2. The molecule has 1 fully saturated rings. The first-order valence-corrected chi connectivity index (χ1v) is 10.2. The van der Waals surface area contributed by atoms with Crippen LogP contribution in [0, 0.1) is 0 Å². The third-order valence-electron chi connectivity index (χ3n) is 5.00. The minimum Gasteiger partial charge on any atom is -0.441 e. The van der Waals surface area contributed by atoms with Gasteiger partial charge < -0.3 is 24.8 Å². The van der Waals surface area contributed by atoms with Gasteiger partial charge in [0.2, 0.25) is 0 Å². The van der Waals surface area contributed by atoms with Crippen LogP contribution >= 0.6 is 11.6 Å². The highest BCUT2D eigenvalue weighted by atomic mass is 35.5. The molecule has 0 saturated carbocycles. The summed E-state index contributed by atoms with van der Waals surface area (Å²) in [5, 5.41) is 9.55. The first-order valence-electron chi connectivity index (χ1n) is 9.80. The molecular formula is C20H21ClN6O4. The normalized spacial score (nSPS) is 14.5. The van der Waals surface area contributed by atoms with E-state index >= 15 is 0 Å². The molecule has 1 aromatic carbocycles. The maximum Gasteiger partial charge on any atom is 0.407 e. The summed E-state index contributed by atoms with van der Waals surface area (Å²) in [5.41, 5.74) is 1.68. The standard InChI is InChI=1S/C20H21ClN6O4/c1-22-19(28)17-9-14(31-26-17)11-30-20(29)24-13-4-6-27(7-5-13)18-10-23-16-8-12(21)2-3-15(16)25-18/h2-3,8-10,13H,4-7,11H2,1H3,(H,22,28)(H,24,29). The molecule has 1 aliphatic heterocycles. The number of anilines is 1. The van der Waals surface area contributed by atoms with E-state index in [4.69, 9.17) is 20.9 Å². The minimum absolute atomic E-state index is 0.00729. The number of carbonyl (C=O) groups is 2. The van der Waals surface area contributed by atoms with Gasteiger partial charge in [0.15, 0.2) is 18.1 Å². The van der Waals surface area contributed by atoms with E-state index in [-0.39, 0.29) is 24.2 Å². The van der Waals surface area contributed by atoms with Crippen molar-refractivity contribution in [1.29, 1.82) is 0 Å². The van der Waals surface area contributed by atoms with Crippen LogP contribution in [0.3, 0.4) is 0 Å². The van der Waals surface area contributed by atoms with Crippen LogP contribution in [0.25, 0.3) is 11.0 Å². The fraction of sp³-hybridized carbons (Fsp3) is 0.350. The van der Waals surface area contributed by atoms with Crippen LogP contribution in [0.5, 0.6) is 0 Å². The molecule has 4 rings (SSSR count). The molecule has 2 aromatic heterocycles. The zero-order valence-electron chi connectivity index (χ0n) is 16.8. The van der Waals surface area contributed by atoms with E-state index in [1.165, 1.54) is 13.1 Å². The molecule has 2 N–H and O–H groups in total. The number of fused-ring (bicyclic) bond motifs is 1. The topological polar surface area (TPSA) is 122 Å². The predicted octanol–water partition coefficient (Wildman–Crippen LogP) is 2.53. The minimum atomic E-state index is -0.543. The number of aromatic nitrogens is 3. The summed E-state index contributed by atoms with van der Waals surface area (Å²) in [6.45, 7) is 1.36. The highest BCUT2D eigenvalue weighted by molar-refractivity contribution is 6.31. The maximum atomic E-state index is 12.1. The number of carbonyl (C=O) groups excluding carboxylic acids is 2. The molecule has 2 amide bonds. The molecule has 3 aromatic rings. The number of rotatable bonds is 5. The number of ether oxygens (including phenoxy) is 1. The van der Waals surface area contributed by atoms with Gasteiger partial charge in [0.05, 0.1) is 17.2 Å². The Hall–Kier alpha value is -3.40. The summed E-state index contributed by atoms with van der Waals surface area (Å²) < 4.78 is 10.2. The lowest BCUT2D eigenvalue weighted by molar-refractivity contribution is 0.0952. The van der Waals surface area contributed by atoms with E-state index in [0.717, 1.165) is 42.8 Å². The molecule has 3 heterocycles. The summed E-state index contributed by atoms with van der Waals surface area (Å²) in [7, 11) is 1.49. The van der Waals surface area contributed by atoms with Gasteiger partial charge >= 0.3 is 6.09 Å². The molecule has 0 spiro atoms. The van der Waals surface area contributed by atoms with Gasteiger partial charge in [-0.2, -0.15) is 0 Å². The van der Waals surface area contributed by atoms with Crippen molar-refractivity contribution in [3.63, 3.8) is 0 Å². The number of alkyl carbamates (subject to hydrolysis) is 1. The SMILES string of the molecule is CNC(=O)c1cc(COC(=O)NC2CCN(c3cnc4cc(Cl)ccc4n3)CC2)on1. The third kappa shape index (κ3) is 5.02. The van der Waals surface area contributed by atoms with Crippen molar-refractivity contribution in [2.45, 2.75) is 25.5 Å². The zero-order chi connectivity index (χ0) is 21.8. The van der Waals surface area contributed by atoms with E-state index in [9.17, 15) is 9.59 Å². The lowest BCUT2D eigenvalue weighted by Gasteiger charge is -2.32. The lowest BCUT2D eigenvalue weighted by Crippen LogP contribution is -2.45. The Kier molecular flexibility index (Phi) is 6.17. The average Bonchev–Trinajstić information content (AvgIpc) is 3.26. The molecular weight excluding hydrogens is 424 g/mol. The van der Waals surface area contributed by atoms with Crippen molar-refractivity contribution in [3.8, 4) is 0 Å². The molecule has 0 radical (unpaired) electrons. The summed E-state index contributed by atoms with van der Waals surface area (Å²) in [5.74, 6) is 0.721. The van der Waals surface area contributed by atoms with Crippen LogP contribution in [0.15, 0.2) is 35.0 Å². The summed E-state index contributed by atoms with van der Waals surface area (Å²) >= 11 is 5.99. The Morgan fingerprint density at radius 2 is 2.06 bits per heavy atom. The fourth-order valence-electron chi connectivity index (χ4n) is 3.34. The summed E-state index contributed by atoms with van der Waals surface area (Å²) in [6, 6.07) is 6.86. The Balaban J connectivity index is 1.25. The van der Waals surface area contributed by atoms with Gasteiger partial charge in [0.25, 0.3) is 5.91 Å². The van der Waals surface area contributed by atoms with Gasteiger partial charge in [-0.15, -0.1) is 0 Å². The molecule has 11 heteroatoms. The molecule has 10 nitrogen and oxygen atoms in total. The fourth-order valence-corrected chi connectivity index (χ4v) is 3.51. The van der Waals surface area contributed by atoms with E-state index < -0.39 is 6.09 Å².